The molecule has 2 rings (SSSR count). The number of rotatable bonds is 0. The predicted molar refractivity (Wildman–Crippen MR) is 55.8 cm³/mol. The smallest absolute Gasteiger partial charge is 0.317 e. The molecule has 0 unspecified atom stereocenters. The van der Waals surface area contributed by atoms with Gasteiger partial charge in [-0.15, -0.1) is 0 Å². The number of nitrogens with zero attached hydrogens (tertiary/aromatic N) is 3. The average Bonchev–Trinajstić information content (AvgIpc) is 2.60. The van der Waals surface area contributed by atoms with E-state index in [1.807, 2.05) is 0 Å². The van der Waals surface area contributed by atoms with Crippen molar-refractivity contribution in [2.75, 3.05) is 7.05 Å². The van der Waals surface area contributed by atoms with Gasteiger partial charge in [-0.1, -0.05) is 11.6 Å². The van der Waals surface area contributed by atoms with Crippen LogP contribution in [0, 0.1) is 0 Å². The van der Waals surface area contributed by atoms with Crippen molar-refractivity contribution in [2.24, 2.45) is 0 Å². The van der Waals surface area contributed by atoms with Gasteiger partial charge in [0.15, 0.2) is 0 Å². The normalized spacial score (nSPS) is 13.9. The molecule has 0 saturated carbocycles. The Morgan fingerprint density at radius 2 is 2.13 bits per heavy atom. The lowest BCUT2D eigenvalue weighted by Gasteiger charge is -2.13. The van der Waals surface area contributed by atoms with Crippen LogP contribution in [0.4, 0.5) is 4.79 Å². The van der Waals surface area contributed by atoms with Gasteiger partial charge in [-0.3, -0.25) is 0 Å². The lowest BCUT2D eigenvalue weighted by Crippen LogP contribution is -2.33. The number of aromatic nitrogens is 2. The summed E-state index contributed by atoms with van der Waals surface area (Å²) in [5.74, 6) is 0. The minimum absolute atomic E-state index is 0.109. The Hall–Kier alpha value is -1.07. The van der Waals surface area contributed by atoms with E-state index in [1.165, 1.54) is 0 Å². The first kappa shape index (κ1) is 10.4. The van der Waals surface area contributed by atoms with Crippen LogP contribution in [-0.2, 0) is 13.1 Å². The number of carbonyl (C=O) groups is 1. The molecule has 1 N–H and O–H groups in total. The molecule has 0 atom stereocenters. The highest BCUT2D eigenvalue weighted by Crippen LogP contribution is 2.27. The summed E-state index contributed by atoms with van der Waals surface area (Å²) < 4.78 is 0. The zero-order chi connectivity index (χ0) is 11.0. The minimum atomic E-state index is -0.166. The van der Waals surface area contributed by atoms with Crippen molar-refractivity contribution >= 4 is 29.2 Å². The van der Waals surface area contributed by atoms with Gasteiger partial charge in [-0.25, -0.2) is 14.8 Å². The predicted octanol–water partition coefficient (Wildman–Crippen LogP) is 1.44. The molecule has 5 nitrogen and oxygen atoms in total. The van der Waals surface area contributed by atoms with Gasteiger partial charge in [-0.2, -0.15) is 0 Å². The number of carbonyl (C=O) groups excluding carboxylic acids is 1. The van der Waals surface area contributed by atoms with Crippen LogP contribution in [0.3, 0.4) is 0 Å². The number of amides is 2. The fourth-order valence-corrected chi connectivity index (χ4v) is 1.97. The number of urea groups is 1. The van der Waals surface area contributed by atoms with E-state index in [4.69, 9.17) is 23.2 Å². The van der Waals surface area contributed by atoms with E-state index < -0.39 is 0 Å². The molecule has 1 aromatic heterocycles. The first-order chi connectivity index (χ1) is 7.11. The van der Waals surface area contributed by atoms with E-state index in [9.17, 15) is 4.79 Å². The van der Waals surface area contributed by atoms with Crippen molar-refractivity contribution in [1.29, 1.82) is 0 Å². The van der Waals surface area contributed by atoms with Gasteiger partial charge in [-0.05, 0) is 11.6 Å². The van der Waals surface area contributed by atoms with Crippen LogP contribution in [-0.4, -0.2) is 27.9 Å². The number of hydrogen-bond donors (Lipinski definition) is 1. The summed E-state index contributed by atoms with van der Waals surface area (Å²) in [6.45, 7) is 0.835. The summed E-state index contributed by atoms with van der Waals surface area (Å²) >= 11 is 11.6. The zero-order valence-corrected chi connectivity index (χ0v) is 9.43. The molecule has 0 radical (unpaired) electrons. The molecule has 80 valence electrons. The molecule has 0 aromatic carbocycles. The Kier molecular flexibility index (Phi) is 2.67. The fourth-order valence-electron chi connectivity index (χ4n) is 1.49. The van der Waals surface area contributed by atoms with Crippen molar-refractivity contribution in [1.82, 2.24) is 20.2 Å². The number of nitrogens with one attached hydrogen (secondary N) is 1. The van der Waals surface area contributed by atoms with Crippen LogP contribution in [0.1, 0.15) is 11.3 Å². The maximum absolute atomic E-state index is 11.4. The highest BCUT2D eigenvalue weighted by Gasteiger charge is 2.27. The third-order valence-corrected chi connectivity index (χ3v) is 2.69. The van der Waals surface area contributed by atoms with Crippen LogP contribution in [0.5, 0.6) is 0 Å². The summed E-state index contributed by atoms with van der Waals surface area (Å²) in [6.07, 6.45) is 0. The van der Waals surface area contributed by atoms with E-state index in [0.717, 1.165) is 5.56 Å². The standard InChI is InChI=1S/C8H8Cl2N4O/c1-11-8(15)14-2-4-5(3-14)12-7(10)13-6(4)9/h2-3H2,1H3,(H,11,15). The third-order valence-electron chi connectivity index (χ3n) is 2.21. The van der Waals surface area contributed by atoms with Crippen molar-refractivity contribution in [2.45, 2.75) is 13.1 Å². The zero-order valence-electron chi connectivity index (χ0n) is 7.92. The maximum Gasteiger partial charge on any atom is 0.317 e. The summed E-state index contributed by atoms with van der Waals surface area (Å²) in [5.41, 5.74) is 1.48. The second kappa shape index (κ2) is 3.83. The molecule has 1 aliphatic heterocycles. The summed E-state index contributed by atoms with van der Waals surface area (Å²) in [7, 11) is 1.57. The molecule has 0 spiro atoms. The van der Waals surface area contributed by atoms with Crippen LogP contribution in [0.2, 0.25) is 10.4 Å². The largest absolute Gasteiger partial charge is 0.341 e. The molecular formula is C8H8Cl2N4O. The topological polar surface area (TPSA) is 58.1 Å². The van der Waals surface area contributed by atoms with Crippen molar-refractivity contribution < 1.29 is 4.79 Å². The molecule has 0 aliphatic carbocycles. The molecule has 1 aliphatic rings. The van der Waals surface area contributed by atoms with E-state index in [1.54, 1.807) is 11.9 Å². The van der Waals surface area contributed by atoms with Crippen LogP contribution in [0.25, 0.3) is 0 Å². The Morgan fingerprint density at radius 3 is 2.80 bits per heavy atom. The summed E-state index contributed by atoms with van der Waals surface area (Å²) in [5, 5.41) is 2.96. The van der Waals surface area contributed by atoms with Gasteiger partial charge in [0.1, 0.15) is 5.15 Å². The monoisotopic (exact) mass is 246 g/mol. The molecule has 0 saturated heterocycles. The van der Waals surface area contributed by atoms with Crippen molar-refractivity contribution in [3.63, 3.8) is 0 Å². The lowest BCUT2D eigenvalue weighted by atomic mass is 10.3. The van der Waals surface area contributed by atoms with E-state index in [2.05, 4.69) is 15.3 Å². The van der Waals surface area contributed by atoms with Gasteiger partial charge < -0.3 is 10.2 Å². The van der Waals surface area contributed by atoms with E-state index >= 15 is 0 Å². The van der Waals surface area contributed by atoms with Gasteiger partial charge in [0.2, 0.25) is 5.28 Å². The van der Waals surface area contributed by atoms with Gasteiger partial charge in [0.25, 0.3) is 0 Å². The van der Waals surface area contributed by atoms with Crippen molar-refractivity contribution in [3.8, 4) is 0 Å². The molecule has 2 heterocycles. The molecule has 0 fully saturated rings. The maximum atomic E-state index is 11.4. The second-order valence-electron chi connectivity index (χ2n) is 3.12. The molecule has 0 bridgehead atoms. The number of hydrogen-bond acceptors (Lipinski definition) is 3. The first-order valence-corrected chi connectivity index (χ1v) is 5.05. The van der Waals surface area contributed by atoms with Gasteiger partial charge in [0.05, 0.1) is 18.8 Å². The Balaban J connectivity index is 2.31. The van der Waals surface area contributed by atoms with Crippen LogP contribution in [0.15, 0.2) is 0 Å². The van der Waals surface area contributed by atoms with E-state index in [0.29, 0.717) is 23.9 Å². The molecule has 7 heteroatoms. The lowest BCUT2D eigenvalue weighted by molar-refractivity contribution is 0.200. The second-order valence-corrected chi connectivity index (χ2v) is 3.82. The average molecular weight is 247 g/mol. The summed E-state index contributed by atoms with van der Waals surface area (Å²) in [4.78, 5) is 20.8. The highest BCUT2D eigenvalue weighted by molar-refractivity contribution is 6.32. The first-order valence-electron chi connectivity index (χ1n) is 4.29. The molecule has 15 heavy (non-hydrogen) atoms. The number of halogens is 2. The van der Waals surface area contributed by atoms with Gasteiger partial charge in [0, 0.05) is 12.6 Å². The highest BCUT2D eigenvalue weighted by atomic mass is 35.5. The molecule has 2 amide bonds. The Morgan fingerprint density at radius 1 is 1.40 bits per heavy atom. The molecular weight excluding hydrogens is 239 g/mol. The Labute approximate surface area is 96.4 Å². The summed E-state index contributed by atoms with van der Waals surface area (Å²) in [6, 6.07) is -0.166. The van der Waals surface area contributed by atoms with Gasteiger partial charge >= 0.3 is 6.03 Å². The molecule has 1 aromatic rings. The number of fused-ring (bicyclic) bond motifs is 1. The quantitative estimate of drug-likeness (QED) is 0.557. The van der Waals surface area contributed by atoms with Crippen molar-refractivity contribution in [3.05, 3.63) is 21.7 Å². The van der Waals surface area contributed by atoms with Crippen LogP contribution < -0.4 is 5.32 Å². The Bertz CT molecular complexity index is 423. The van der Waals surface area contributed by atoms with E-state index in [-0.39, 0.29) is 11.3 Å². The third kappa shape index (κ3) is 1.85. The van der Waals surface area contributed by atoms with Crippen LogP contribution >= 0.6 is 23.2 Å². The fraction of sp³-hybridized carbons (Fsp3) is 0.375. The minimum Gasteiger partial charge on any atom is -0.341 e. The SMILES string of the molecule is CNC(=O)N1Cc2nc(Cl)nc(Cl)c2C1.